The molecule has 0 saturated heterocycles. The molecule has 1 aliphatic heterocycles. The van der Waals surface area contributed by atoms with Gasteiger partial charge in [0, 0.05) is 23.9 Å². The Morgan fingerprint density at radius 2 is 1.56 bits per heavy atom. The van der Waals surface area contributed by atoms with E-state index in [0.717, 1.165) is 24.3 Å². The van der Waals surface area contributed by atoms with Crippen LogP contribution in [0.4, 0.5) is 5.69 Å². The lowest BCUT2D eigenvalue weighted by Gasteiger charge is -2.35. The highest BCUT2D eigenvalue weighted by molar-refractivity contribution is 6.09. The third-order valence-electron chi connectivity index (χ3n) is 5.98. The molecule has 0 amide bonds. The van der Waals surface area contributed by atoms with Gasteiger partial charge in [-0.05, 0) is 43.7 Å². The molecule has 0 spiro atoms. The van der Waals surface area contributed by atoms with Gasteiger partial charge < -0.3 is 9.32 Å². The van der Waals surface area contributed by atoms with Crippen LogP contribution < -0.4 is 4.90 Å². The van der Waals surface area contributed by atoms with E-state index in [4.69, 9.17) is 4.42 Å². The number of fused-ring (bicyclic) bond motifs is 4. The maximum absolute atomic E-state index is 6.37. The first-order chi connectivity index (χ1) is 13.1. The van der Waals surface area contributed by atoms with Gasteiger partial charge in [0.05, 0.1) is 11.9 Å². The van der Waals surface area contributed by atoms with Crippen LogP contribution in [-0.4, -0.2) is 18.1 Å². The number of rotatable bonds is 1. The molecular formula is C24H24N2O. The summed E-state index contributed by atoms with van der Waals surface area (Å²) in [7, 11) is 2.20. The van der Waals surface area contributed by atoms with Crippen LogP contribution in [-0.2, 0) is 13.1 Å². The van der Waals surface area contributed by atoms with Crippen molar-refractivity contribution in [2.24, 2.45) is 0 Å². The Labute approximate surface area is 159 Å². The summed E-state index contributed by atoms with van der Waals surface area (Å²) in [6, 6.07) is 21.5. The summed E-state index contributed by atoms with van der Waals surface area (Å²) in [5.74, 6) is 0. The van der Waals surface area contributed by atoms with E-state index in [1.54, 1.807) is 0 Å². The Morgan fingerprint density at radius 1 is 0.852 bits per heavy atom. The van der Waals surface area contributed by atoms with Gasteiger partial charge in [0.2, 0.25) is 0 Å². The fourth-order valence-electron chi connectivity index (χ4n) is 4.32. The smallest absolute Gasteiger partial charge is 0.159 e. The maximum Gasteiger partial charge on any atom is 0.159 e. The molecule has 3 aromatic carbocycles. The lowest BCUT2D eigenvalue weighted by Crippen LogP contribution is -2.42. The van der Waals surface area contributed by atoms with Crippen molar-refractivity contribution in [2.45, 2.75) is 33.1 Å². The maximum atomic E-state index is 6.37. The van der Waals surface area contributed by atoms with Gasteiger partial charge in [-0.15, -0.1) is 0 Å². The summed E-state index contributed by atoms with van der Waals surface area (Å²) in [5, 5.41) is 2.38. The number of aryl methyl sites for hydroxylation is 1. The topological polar surface area (TPSA) is 19.6 Å². The number of anilines is 1. The van der Waals surface area contributed by atoms with Crippen molar-refractivity contribution >= 4 is 27.6 Å². The second kappa shape index (κ2) is 6.14. The quantitative estimate of drug-likeness (QED) is 0.437. The van der Waals surface area contributed by atoms with Gasteiger partial charge in [-0.2, -0.15) is 0 Å². The average Bonchev–Trinajstić information content (AvgIpc) is 3.00. The molecule has 136 valence electrons. The average molecular weight is 356 g/mol. The third kappa shape index (κ3) is 2.54. The van der Waals surface area contributed by atoms with Gasteiger partial charge in [0.1, 0.15) is 5.58 Å². The van der Waals surface area contributed by atoms with Crippen molar-refractivity contribution in [3.8, 4) is 0 Å². The molecule has 5 rings (SSSR count). The Bertz CT molecular complexity index is 1140. The molecule has 0 unspecified atom stereocenters. The summed E-state index contributed by atoms with van der Waals surface area (Å²) < 4.78 is 6.37. The van der Waals surface area contributed by atoms with Crippen LogP contribution in [0.25, 0.3) is 21.9 Å². The highest BCUT2D eigenvalue weighted by Gasteiger charge is 2.28. The van der Waals surface area contributed by atoms with Crippen molar-refractivity contribution < 1.29 is 4.42 Å². The van der Waals surface area contributed by atoms with E-state index in [1.807, 2.05) is 6.07 Å². The number of benzene rings is 3. The summed E-state index contributed by atoms with van der Waals surface area (Å²) in [6.45, 7) is 6.32. The molecule has 0 saturated carbocycles. The molecule has 3 heteroatoms. The minimum Gasteiger partial charge on any atom is -0.454 e. The fraction of sp³-hybridized carbons (Fsp3) is 0.250. The van der Waals surface area contributed by atoms with Crippen LogP contribution in [0.2, 0.25) is 0 Å². The minimum absolute atomic E-state index is 0.273. The predicted molar refractivity (Wildman–Crippen MR) is 112 cm³/mol. The number of hydrogen-bond donors (Lipinski definition) is 0. The van der Waals surface area contributed by atoms with E-state index in [2.05, 4.69) is 85.3 Å². The summed E-state index contributed by atoms with van der Waals surface area (Å²) in [5.41, 5.74) is 7.21. The minimum atomic E-state index is 0.273. The molecule has 2 heterocycles. The first kappa shape index (κ1) is 16.4. The van der Waals surface area contributed by atoms with Gasteiger partial charge in [-0.1, -0.05) is 54.6 Å². The molecule has 4 aromatic rings. The fourth-order valence-corrected chi connectivity index (χ4v) is 4.32. The van der Waals surface area contributed by atoms with Gasteiger partial charge in [-0.25, -0.2) is 0 Å². The normalized spacial score (nSPS) is 18.0. The molecule has 0 radical (unpaired) electrons. The zero-order valence-electron chi connectivity index (χ0n) is 16.1. The highest BCUT2D eigenvalue weighted by Crippen LogP contribution is 2.39. The van der Waals surface area contributed by atoms with Gasteiger partial charge in [-0.3, -0.25) is 4.90 Å². The number of nitrogens with zero attached hydrogens (tertiary/aromatic N) is 2. The zero-order chi connectivity index (χ0) is 18.5. The lowest BCUT2D eigenvalue weighted by atomic mass is 10.1. The molecule has 0 fully saturated rings. The SMILES string of the molecule is Cc1ccc2c(oc3ccccc32)c1N1Cc2ccccc2CN(C)[C@@H]1C. The predicted octanol–water partition coefficient (Wildman–Crippen LogP) is 5.69. The largest absolute Gasteiger partial charge is 0.454 e. The molecule has 1 aliphatic rings. The zero-order valence-corrected chi connectivity index (χ0v) is 16.1. The van der Waals surface area contributed by atoms with Crippen molar-refractivity contribution in [1.82, 2.24) is 4.90 Å². The molecule has 0 bridgehead atoms. The number of hydrogen-bond acceptors (Lipinski definition) is 3. The lowest BCUT2D eigenvalue weighted by molar-refractivity contribution is 0.248. The first-order valence-corrected chi connectivity index (χ1v) is 9.58. The van der Waals surface area contributed by atoms with E-state index in [-0.39, 0.29) is 6.17 Å². The van der Waals surface area contributed by atoms with Crippen LogP contribution in [0.1, 0.15) is 23.6 Å². The van der Waals surface area contributed by atoms with Crippen molar-refractivity contribution in [2.75, 3.05) is 11.9 Å². The third-order valence-corrected chi connectivity index (χ3v) is 5.98. The molecule has 1 aromatic heterocycles. The Kier molecular flexibility index (Phi) is 3.73. The van der Waals surface area contributed by atoms with E-state index in [9.17, 15) is 0 Å². The monoisotopic (exact) mass is 356 g/mol. The number of furan rings is 1. The molecule has 0 aliphatic carbocycles. The second-order valence-corrected chi connectivity index (χ2v) is 7.65. The van der Waals surface area contributed by atoms with Crippen LogP contribution in [0.15, 0.2) is 65.1 Å². The molecule has 0 N–H and O–H groups in total. The number of para-hydroxylation sites is 1. The highest BCUT2D eigenvalue weighted by atomic mass is 16.3. The van der Waals surface area contributed by atoms with Crippen LogP contribution >= 0.6 is 0 Å². The van der Waals surface area contributed by atoms with Gasteiger partial charge in [0.25, 0.3) is 0 Å². The molecular weight excluding hydrogens is 332 g/mol. The van der Waals surface area contributed by atoms with Gasteiger partial charge >= 0.3 is 0 Å². The summed E-state index contributed by atoms with van der Waals surface area (Å²) in [6.07, 6.45) is 0.273. The Morgan fingerprint density at radius 3 is 2.37 bits per heavy atom. The molecule has 1 atom stereocenters. The summed E-state index contributed by atoms with van der Waals surface area (Å²) >= 11 is 0. The van der Waals surface area contributed by atoms with E-state index in [1.165, 1.54) is 33.2 Å². The van der Waals surface area contributed by atoms with Crippen molar-refractivity contribution in [3.63, 3.8) is 0 Å². The van der Waals surface area contributed by atoms with Crippen LogP contribution in [0.5, 0.6) is 0 Å². The Balaban J connectivity index is 1.75. The Hall–Kier alpha value is -2.78. The van der Waals surface area contributed by atoms with Crippen LogP contribution in [0.3, 0.4) is 0 Å². The standard InChI is InChI=1S/C24H24N2O/c1-16-12-13-21-20-10-6-7-11-22(20)27-24(21)23(16)26-15-19-9-5-4-8-18(19)14-25(3)17(26)2/h4-13,17H,14-15H2,1-3H3/t17-/m0/s1. The first-order valence-electron chi connectivity index (χ1n) is 9.58. The van der Waals surface area contributed by atoms with E-state index >= 15 is 0 Å². The van der Waals surface area contributed by atoms with Gasteiger partial charge in [0.15, 0.2) is 5.58 Å². The van der Waals surface area contributed by atoms with E-state index in [0.29, 0.717) is 0 Å². The van der Waals surface area contributed by atoms with Crippen LogP contribution in [0, 0.1) is 6.92 Å². The van der Waals surface area contributed by atoms with Crippen molar-refractivity contribution in [3.05, 3.63) is 77.4 Å². The second-order valence-electron chi connectivity index (χ2n) is 7.65. The van der Waals surface area contributed by atoms with Crippen molar-refractivity contribution in [1.29, 1.82) is 0 Å². The molecule has 27 heavy (non-hydrogen) atoms. The summed E-state index contributed by atoms with van der Waals surface area (Å²) in [4.78, 5) is 4.90. The molecule has 3 nitrogen and oxygen atoms in total. The van der Waals surface area contributed by atoms with E-state index < -0.39 is 0 Å².